The molecule has 0 radical (unpaired) electrons. The number of ether oxygens (including phenoxy) is 1. The number of rotatable bonds is 9. The van der Waals surface area contributed by atoms with Gasteiger partial charge < -0.3 is 9.84 Å². The second kappa shape index (κ2) is 9.47. The zero-order valence-electron chi connectivity index (χ0n) is 11.9. The first-order valence-corrected chi connectivity index (χ1v) is 6.97. The Morgan fingerprint density at radius 2 is 2.10 bits per heavy atom. The Balaban J connectivity index is 2.54. The second-order valence-corrected chi connectivity index (χ2v) is 4.86. The molecule has 20 heavy (non-hydrogen) atoms. The van der Waals surface area contributed by atoms with Crippen molar-refractivity contribution in [1.29, 1.82) is 0 Å². The minimum Gasteiger partial charge on any atom is -0.391 e. The van der Waals surface area contributed by atoms with E-state index in [4.69, 9.17) is 10.6 Å². The number of carbonyl (C=O) groups is 1. The molecule has 0 saturated heterocycles. The van der Waals surface area contributed by atoms with Crippen molar-refractivity contribution in [2.45, 2.75) is 32.3 Å². The zero-order chi connectivity index (χ0) is 14.8. The van der Waals surface area contributed by atoms with Crippen LogP contribution < -0.4 is 11.3 Å². The SMILES string of the molecule is CCCOC[C@@H](O)C[C@@H](Cc1ccccc1)C(=O)NN. The molecular formula is C15H24N2O3. The van der Waals surface area contributed by atoms with Gasteiger partial charge in [-0.05, 0) is 24.8 Å². The molecule has 0 spiro atoms. The van der Waals surface area contributed by atoms with E-state index in [9.17, 15) is 9.90 Å². The molecule has 1 rings (SSSR count). The average molecular weight is 280 g/mol. The van der Waals surface area contributed by atoms with Gasteiger partial charge >= 0.3 is 0 Å². The van der Waals surface area contributed by atoms with Gasteiger partial charge in [0, 0.05) is 12.5 Å². The summed E-state index contributed by atoms with van der Waals surface area (Å²) in [6.07, 6.45) is 1.13. The number of benzene rings is 1. The highest BCUT2D eigenvalue weighted by molar-refractivity contribution is 5.78. The first-order chi connectivity index (χ1) is 9.67. The van der Waals surface area contributed by atoms with Crippen molar-refractivity contribution in [3.05, 3.63) is 35.9 Å². The van der Waals surface area contributed by atoms with Crippen molar-refractivity contribution in [2.75, 3.05) is 13.2 Å². The summed E-state index contributed by atoms with van der Waals surface area (Å²) < 4.78 is 5.30. The lowest BCUT2D eigenvalue weighted by atomic mass is 9.93. The summed E-state index contributed by atoms with van der Waals surface area (Å²) in [7, 11) is 0. The van der Waals surface area contributed by atoms with E-state index in [1.807, 2.05) is 37.3 Å². The number of carbonyl (C=O) groups excluding carboxylic acids is 1. The molecule has 1 aromatic rings. The number of aliphatic hydroxyl groups is 1. The van der Waals surface area contributed by atoms with Gasteiger partial charge in [-0.25, -0.2) is 5.84 Å². The largest absolute Gasteiger partial charge is 0.391 e. The Hall–Kier alpha value is -1.43. The second-order valence-electron chi connectivity index (χ2n) is 4.86. The number of nitrogens with one attached hydrogen (secondary N) is 1. The maximum Gasteiger partial charge on any atom is 0.237 e. The molecule has 1 amide bonds. The number of hydrogen-bond acceptors (Lipinski definition) is 4. The topological polar surface area (TPSA) is 84.6 Å². The Labute approximate surface area is 120 Å². The fourth-order valence-electron chi connectivity index (χ4n) is 2.06. The van der Waals surface area contributed by atoms with Crippen molar-refractivity contribution in [3.8, 4) is 0 Å². The summed E-state index contributed by atoms with van der Waals surface area (Å²) >= 11 is 0. The molecule has 0 aliphatic rings. The molecule has 2 atom stereocenters. The Morgan fingerprint density at radius 1 is 1.40 bits per heavy atom. The van der Waals surface area contributed by atoms with Crippen LogP contribution in [0.25, 0.3) is 0 Å². The van der Waals surface area contributed by atoms with Crippen LogP contribution in [0.1, 0.15) is 25.3 Å². The van der Waals surface area contributed by atoms with Crippen LogP contribution in [0.5, 0.6) is 0 Å². The molecule has 0 aliphatic carbocycles. The normalized spacial score (nSPS) is 13.8. The van der Waals surface area contributed by atoms with E-state index in [1.165, 1.54) is 0 Å². The van der Waals surface area contributed by atoms with E-state index >= 15 is 0 Å². The van der Waals surface area contributed by atoms with Crippen LogP contribution >= 0.6 is 0 Å². The highest BCUT2D eigenvalue weighted by Crippen LogP contribution is 2.15. The van der Waals surface area contributed by atoms with Crippen LogP contribution in [0, 0.1) is 5.92 Å². The fraction of sp³-hybridized carbons (Fsp3) is 0.533. The fourth-order valence-corrected chi connectivity index (χ4v) is 2.06. The molecule has 1 aromatic carbocycles. The quantitative estimate of drug-likeness (QED) is 0.273. The predicted octanol–water partition coefficient (Wildman–Crippen LogP) is 1.01. The first-order valence-electron chi connectivity index (χ1n) is 6.97. The van der Waals surface area contributed by atoms with Gasteiger partial charge in [0.1, 0.15) is 0 Å². The van der Waals surface area contributed by atoms with Crippen LogP contribution in [0.15, 0.2) is 30.3 Å². The average Bonchev–Trinajstić information content (AvgIpc) is 2.47. The number of hydrazine groups is 1. The van der Waals surface area contributed by atoms with E-state index in [0.717, 1.165) is 12.0 Å². The summed E-state index contributed by atoms with van der Waals surface area (Å²) in [5.41, 5.74) is 3.21. The third kappa shape index (κ3) is 6.14. The summed E-state index contributed by atoms with van der Waals surface area (Å²) in [4.78, 5) is 11.8. The van der Waals surface area contributed by atoms with E-state index in [2.05, 4.69) is 5.43 Å². The van der Waals surface area contributed by atoms with Crippen molar-refractivity contribution in [3.63, 3.8) is 0 Å². The van der Waals surface area contributed by atoms with Gasteiger partial charge in [-0.1, -0.05) is 37.3 Å². The molecule has 0 unspecified atom stereocenters. The lowest BCUT2D eigenvalue weighted by molar-refractivity contribution is -0.126. The van der Waals surface area contributed by atoms with Crippen LogP contribution in [0.2, 0.25) is 0 Å². The minimum atomic E-state index is -0.660. The van der Waals surface area contributed by atoms with Crippen molar-refractivity contribution in [2.24, 2.45) is 11.8 Å². The van der Waals surface area contributed by atoms with Crippen LogP contribution in [0.3, 0.4) is 0 Å². The van der Waals surface area contributed by atoms with Crippen molar-refractivity contribution < 1.29 is 14.6 Å². The Kier molecular flexibility index (Phi) is 7.87. The third-order valence-corrected chi connectivity index (χ3v) is 3.05. The van der Waals surface area contributed by atoms with Gasteiger partial charge in [0.05, 0.1) is 12.7 Å². The van der Waals surface area contributed by atoms with Gasteiger partial charge in [-0.15, -0.1) is 0 Å². The summed E-state index contributed by atoms with van der Waals surface area (Å²) in [6.45, 7) is 2.87. The van der Waals surface area contributed by atoms with Gasteiger partial charge in [-0.3, -0.25) is 10.2 Å². The lowest BCUT2D eigenvalue weighted by Crippen LogP contribution is -2.38. The molecule has 5 heteroatoms. The van der Waals surface area contributed by atoms with Crippen LogP contribution in [-0.4, -0.2) is 30.3 Å². The van der Waals surface area contributed by atoms with Gasteiger partial charge in [0.25, 0.3) is 0 Å². The number of hydrogen-bond donors (Lipinski definition) is 3. The molecule has 5 nitrogen and oxygen atoms in total. The van der Waals surface area contributed by atoms with Crippen molar-refractivity contribution in [1.82, 2.24) is 5.43 Å². The Morgan fingerprint density at radius 3 is 2.70 bits per heavy atom. The molecule has 112 valence electrons. The Bertz CT molecular complexity index is 384. The van der Waals surface area contributed by atoms with Gasteiger partial charge in [0.15, 0.2) is 0 Å². The highest BCUT2D eigenvalue weighted by atomic mass is 16.5. The van der Waals surface area contributed by atoms with Gasteiger partial charge in [0.2, 0.25) is 5.91 Å². The number of nitrogens with two attached hydrogens (primary N) is 1. The monoisotopic (exact) mass is 280 g/mol. The standard InChI is InChI=1S/C15H24N2O3/c1-2-8-20-11-14(18)10-13(15(19)17-16)9-12-6-4-3-5-7-12/h3-7,13-14,18H,2,8-11,16H2,1H3,(H,17,19)/t13-,14+/m1/s1. The zero-order valence-corrected chi connectivity index (χ0v) is 11.9. The number of amides is 1. The summed E-state index contributed by atoms with van der Waals surface area (Å²) in [5, 5.41) is 9.92. The minimum absolute atomic E-state index is 0.247. The summed E-state index contributed by atoms with van der Waals surface area (Å²) in [6, 6.07) is 9.68. The highest BCUT2D eigenvalue weighted by Gasteiger charge is 2.22. The molecule has 0 heterocycles. The van der Waals surface area contributed by atoms with Crippen LogP contribution in [-0.2, 0) is 16.0 Å². The predicted molar refractivity (Wildman–Crippen MR) is 77.7 cm³/mol. The van der Waals surface area contributed by atoms with Crippen molar-refractivity contribution >= 4 is 5.91 Å². The first kappa shape index (κ1) is 16.6. The number of aliphatic hydroxyl groups excluding tert-OH is 1. The maximum atomic E-state index is 11.8. The maximum absolute atomic E-state index is 11.8. The molecular weight excluding hydrogens is 256 g/mol. The lowest BCUT2D eigenvalue weighted by Gasteiger charge is -2.19. The molecule has 0 saturated carbocycles. The molecule has 0 aromatic heterocycles. The third-order valence-electron chi connectivity index (χ3n) is 3.05. The molecule has 0 fully saturated rings. The van der Waals surface area contributed by atoms with Crippen LogP contribution in [0.4, 0.5) is 0 Å². The summed E-state index contributed by atoms with van der Waals surface area (Å²) in [5.74, 6) is 4.59. The van der Waals surface area contributed by atoms with E-state index in [-0.39, 0.29) is 18.4 Å². The van der Waals surface area contributed by atoms with Gasteiger partial charge in [-0.2, -0.15) is 0 Å². The van der Waals surface area contributed by atoms with E-state index < -0.39 is 6.10 Å². The van der Waals surface area contributed by atoms with E-state index in [1.54, 1.807) is 0 Å². The molecule has 0 aliphatic heterocycles. The molecule has 4 N–H and O–H groups in total. The van der Waals surface area contributed by atoms with E-state index in [0.29, 0.717) is 19.4 Å². The molecule has 0 bridgehead atoms. The smallest absolute Gasteiger partial charge is 0.237 e.